The van der Waals surface area contributed by atoms with Crippen LogP contribution in [-0.2, 0) is 10.2 Å². The Bertz CT molecular complexity index is 1040. The summed E-state index contributed by atoms with van der Waals surface area (Å²) in [6.07, 6.45) is 4.73. The summed E-state index contributed by atoms with van der Waals surface area (Å²) in [5, 5.41) is 3.41. The van der Waals surface area contributed by atoms with Crippen molar-refractivity contribution in [2.45, 2.75) is 26.2 Å². The van der Waals surface area contributed by atoms with E-state index in [2.05, 4.69) is 31.1 Å². The normalized spacial score (nSPS) is 11.4. The summed E-state index contributed by atoms with van der Waals surface area (Å²) >= 11 is 6.12. The molecule has 0 radical (unpaired) electrons. The van der Waals surface area contributed by atoms with Gasteiger partial charge in [0, 0.05) is 22.9 Å². The zero-order valence-electron chi connectivity index (χ0n) is 16.6. The van der Waals surface area contributed by atoms with Crippen molar-refractivity contribution in [2.75, 3.05) is 5.32 Å². The van der Waals surface area contributed by atoms with Crippen molar-refractivity contribution in [3.8, 4) is 11.6 Å². The van der Waals surface area contributed by atoms with Gasteiger partial charge in [-0.2, -0.15) is 0 Å². The predicted octanol–water partition coefficient (Wildman–Crippen LogP) is 6.48. The Kier molecular flexibility index (Phi) is 6.35. The molecule has 1 N–H and O–H groups in total. The van der Waals surface area contributed by atoms with Gasteiger partial charge >= 0.3 is 0 Å². The molecule has 2 aromatic carbocycles. The van der Waals surface area contributed by atoms with E-state index in [1.165, 1.54) is 6.08 Å². The number of halogens is 1. The molecule has 29 heavy (non-hydrogen) atoms. The maximum absolute atomic E-state index is 12.4. The number of anilines is 1. The quantitative estimate of drug-likeness (QED) is 0.493. The second-order valence-electron chi connectivity index (χ2n) is 7.55. The predicted molar refractivity (Wildman–Crippen MR) is 119 cm³/mol. The largest absolute Gasteiger partial charge is 0.437 e. The van der Waals surface area contributed by atoms with Gasteiger partial charge in [0.15, 0.2) is 0 Å². The van der Waals surface area contributed by atoms with Gasteiger partial charge < -0.3 is 10.1 Å². The lowest BCUT2D eigenvalue weighted by molar-refractivity contribution is -0.111. The molecule has 0 saturated heterocycles. The van der Waals surface area contributed by atoms with Crippen molar-refractivity contribution in [2.24, 2.45) is 0 Å². The fraction of sp³-hybridized carbons (Fsp3) is 0.167. The summed E-state index contributed by atoms with van der Waals surface area (Å²) in [5.41, 5.74) is 2.23. The van der Waals surface area contributed by atoms with Gasteiger partial charge in [-0.3, -0.25) is 4.79 Å². The van der Waals surface area contributed by atoms with Crippen LogP contribution in [0.3, 0.4) is 0 Å². The van der Waals surface area contributed by atoms with Gasteiger partial charge in [-0.05, 0) is 41.3 Å². The Hall–Kier alpha value is -3.11. The molecule has 1 heterocycles. The molecule has 5 heteroatoms. The van der Waals surface area contributed by atoms with Gasteiger partial charge in [0.1, 0.15) is 11.4 Å². The Morgan fingerprint density at radius 2 is 1.76 bits per heavy atom. The molecular formula is C24H23ClN2O2. The lowest BCUT2D eigenvalue weighted by Gasteiger charge is -2.22. The summed E-state index contributed by atoms with van der Waals surface area (Å²) in [4.78, 5) is 16.7. The van der Waals surface area contributed by atoms with Crippen molar-refractivity contribution in [1.29, 1.82) is 0 Å². The first-order valence-electron chi connectivity index (χ1n) is 9.30. The van der Waals surface area contributed by atoms with Crippen LogP contribution in [-0.4, -0.2) is 10.9 Å². The van der Waals surface area contributed by atoms with E-state index in [9.17, 15) is 4.79 Å². The fourth-order valence-electron chi connectivity index (χ4n) is 2.80. The van der Waals surface area contributed by atoms with Crippen molar-refractivity contribution in [1.82, 2.24) is 4.98 Å². The molecule has 1 amide bonds. The number of rotatable bonds is 5. The van der Waals surface area contributed by atoms with E-state index in [4.69, 9.17) is 16.3 Å². The van der Waals surface area contributed by atoms with E-state index in [-0.39, 0.29) is 11.3 Å². The summed E-state index contributed by atoms with van der Waals surface area (Å²) in [6, 6.07) is 18.6. The topological polar surface area (TPSA) is 51.2 Å². The third-order valence-electron chi connectivity index (χ3n) is 4.25. The number of benzene rings is 2. The lowest BCUT2D eigenvalue weighted by Crippen LogP contribution is -2.13. The van der Waals surface area contributed by atoms with E-state index in [1.54, 1.807) is 30.5 Å². The zero-order chi connectivity index (χ0) is 20.9. The Morgan fingerprint density at radius 1 is 1.03 bits per heavy atom. The standard InChI is InChI=1S/C24H23ClN2O2/c1-24(2,3)18-10-5-7-13-21(18)29-23-20(12-8-16-26-23)27-22(28)15-14-17-9-4-6-11-19(17)25/h4-16H,1-3H3,(H,27,28)/b15-14+. The number of para-hydroxylation sites is 1. The van der Waals surface area contributed by atoms with Crippen LogP contribution in [0.15, 0.2) is 72.9 Å². The van der Waals surface area contributed by atoms with E-state index < -0.39 is 0 Å². The van der Waals surface area contributed by atoms with Gasteiger partial charge in [0.05, 0.1) is 0 Å². The number of hydrogen-bond acceptors (Lipinski definition) is 3. The number of hydrogen-bond donors (Lipinski definition) is 1. The lowest BCUT2D eigenvalue weighted by atomic mass is 9.86. The molecule has 0 aliphatic carbocycles. The molecule has 1 aromatic heterocycles. The maximum Gasteiger partial charge on any atom is 0.248 e. The number of aromatic nitrogens is 1. The van der Waals surface area contributed by atoms with Gasteiger partial charge in [0.2, 0.25) is 11.8 Å². The van der Waals surface area contributed by atoms with E-state index in [0.29, 0.717) is 22.3 Å². The van der Waals surface area contributed by atoms with Crippen molar-refractivity contribution in [3.63, 3.8) is 0 Å². The number of nitrogens with one attached hydrogen (secondary N) is 1. The van der Waals surface area contributed by atoms with Gasteiger partial charge in [-0.1, -0.05) is 68.8 Å². The first-order chi connectivity index (χ1) is 13.8. The highest BCUT2D eigenvalue weighted by Crippen LogP contribution is 2.35. The maximum atomic E-state index is 12.4. The van der Waals surface area contributed by atoms with Gasteiger partial charge in [-0.25, -0.2) is 4.98 Å². The molecule has 4 nitrogen and oxygen atoms in total. The minimum Gasteiger partial charge on any atom is -0.437 e. The summed E-state index contributed by atoms with van der Waals surface area (Å²) in [7, 11) is 0. The molecule has 0 bridgehead atoms. The number of carbonyl (C=O) groups is 1. The third-order valence-corrected chi connectivity index (χ3v) is 4.59. The summed E-state index contributed by atoms with van der Waals surface area (Å²) < 4.78 is 6.08. The van der Waals surface area contributed by atoms with Crippen LogP contribution in [0.5, 0.6) is 11.6 Å². The molecule has 0 unspecified atom stereocenters. The molecule has 0 atom stereocenters. The fourth-order valence-corrected chi connectivity index (χ4v) is 3.00. The van der Waals surface area contributed by atoms with Crippen molar-refractivity contribution >= 4 is 29.3 Å². The monoisotopic (exact) mass is 406 g/mol. The summed E-state index contributed by atoms with van der Waals surface area (Å²) in [6.45, 7) is 6.36. The number of carbonyl (C=O) groups excluding carboxylic acids is 1. The van der Waals surface area contributed by atoms with Gasteiger partial charge in [-0.15, -0.1) is 0 Å². The SMILES string of the molecule is CC(C)(C)c1ccccc1Oc1ncccc1NC(=O)/C=C/c1ccccc1Cl. The van der Waals surface area contributed by atoms with Crippen LogP contribution in [0.25, 0.3) is 6.08 Å². The van der Waals surface area contributed by atoms with Crippen LogP contribution < -0.4 is 10.1 Å². The van der Waals surface area contributed by atoms with E-state index in [1.807, 2.05) is 42.5 Å². The molecule has 0 aliphatic heterocycles. The first-order valence-corrected chi connectivity index (χ1v) is 9.68. The number of amides is 1. The van der Waals surface area contributed by atoms with Crippen LogP contribution in [0.2, 0.25) is 5.02 Å². The average molecular weight is 407 g/mol. The van der Waals surface area contributed by atoms with Crippen LogP contribution in [0.1, 0.15) is 31.9 Å². The Labute approximate surface area is 176 Å². The average Bonchev–Trinajstić information content (AvgIpc) is 2.68. The van der Waals surface area contributed by atoms with Crippen molar-refractivity contribution in [3.05, 3.63) is 89.1 Å². The second-order valence-corrected chi connectivity index (χ2v) is 7.96. The third kappa shape index (κ3) is 5.46. The van der Waals surface area contributed by atoms with Crippen LogP contribution in [0.4, 0.5) is 5.69 Å². The number of ether oxygens (including phenoxy) is 1. The highest BCUT2D eigenvalue weighted by molar-refractivity contribution is 6.32. The molecule has 3 aromatic rings. The Morgan fingerprint density at radius 3 is 2.52 bits per heavy atom. The van der Waals surface area contributed by atoms with Crippen LogP contribution >= 0.6 is 11.6 Å². The zero-order valence-corrected chi connectivity index (χ0v) is 17.4. The van der Waals surface area contributed by atoms with E-state index >= 15 is 0 Å². The molecule has 0 saturated carbocycles. The Balaban J connectivity index is 1.80. The smallest absolute Gasteiger partial charge is 0.248 e. The molecule has 3 rings (SSSR count). The van der Waals surface area contributed by atoms with Crippen molar-refractivity contribution < 1.29 is 9.53 Å². The number of pyridine rings is 1. The first kappa shape index (κ1) is 20.6. The molecule has 0 aliphatic rings. The van der Waals surface area contributed by atoms with Gasteiger partial charge in [0.25, 0.3) is 0 Å². The molecular weight excluding hydrogens is 384 g/mol. The van der Waals surface area contributed by atoms with E-state index in [0.717, 1.165) is 11.1 Å². The minimum atomic E-state index is -0.299. The molecule has 0 spiro atoms. The highest BCUT2D eigenvalue weighted by atomic mass is 35.5. The highest BCUT2D eigenvalue weighted by Gasteiger charge is 2.20. The molecule has 148 valence electrons. The van der Waals surface area contributed by atoms with Crippen LogP contribution in [0, 0.1) is 0 Å². The summed E-state index contributed by atoms with van der Waals surface area (Å²) in [5.74, 6) is 0.747. The molecule has 0 fully saturated rings. The number of nitrogens with zero attached hydrogens (tertiary/aromatic N) is 1. The second kappa shape index (κ2) is 8.93. The minimum absolute atomic E-state index is 0.0908.